The molecule has 0 aliphatic carbocycles. The number of hydrogen-bond donors (Lipinski definition) is 2. The molecule has 0 aliphatic heterocycles. The Labute approximate surface area is 188 Å². The van der Waals surface area contributed by atoms with E-state index in [1.165, 1.54) is 18.3 Å². The molecule has 0 bridgehead atoms. The van der Waals surface area contributed by atoms with Crippen molar-refractivity contribution in [3.05, 3.63) is 68.2 Å². The third kappa shape index (κ3) is 7.49. The molecular weight excluding hydrogens is 468 g/mol. The summed E-state index contributed by atoms with van der Waals surface area (Å²) < 4.78 is 5.80. The van der Waals surface area contributed by atoms with Crippen LogP contribution in [-0.2, 0) is 9.59 Å². The van der Waals surface area contributed by atoms with Gasteiger partial charge in [-0.3, -0.25) is 19.7 Å². The Morgan fingerprint density at radius 1 is 1.26 bits per heavy atom. The topological polar surface area (TPSA) is 123 Å². The van der Waals surface area contributed by atoms with Crippen LogP contribution in [-0.4, -0.2) is 35.6 Å². The van der Waals surface area contributed by atoms with Crippen LogP contribution in [0.3, 0.4) is 0 Å². The first-order chi connectivity index (χ1) is 14.7. The van der Waals surface area contributed by atoms with E-state index in [4.69, 9.17) is 4.74 Å². The predicted octanol–water partition coefficient (Wildman–Crippen LogP) is 3.34. The molecule has 0 radical (unpaired) electrons. The smallest absolute Gasteiger partial charge is 0.284 e. The molecule has 0 fully saturated rings. The number of nitrogens with one attached hydrogen (secondary N) is 2. The largest absolute Gasteiger partial charge is 0.484 e. The number of benzene rings is 2. The number of nitrogens with zero attached hydrogens (tertiary/aromatic N) is 2. The van der Waals surface area contributed by atoms with E-state index in [9.17, 15) is 19.7 Å². The van der Waals surface area contributed by atoms with Crippen LogP contribution in [0.1, 0.15) is 25.0 Å². The van der Waals surface area contributed by atoms with Crippen molar-refractivity contribution in [3.8, 4) is 5.75 Å². The van der Waals surface area contributed by atoms with Crippen LogP contribution in [0.4, 0.5) is 5.69 Å². The van der Waals surface area contributed by atoms with Crippen LogP contribution in [0.5, 0.6) is 5.75 Å². The Hall–Kier alpha value is -3.27. The van der Waals surface area contributed by atoms with Gasteiger partial charge >= 0.3 is 0 Å². The maximum Gasteiger partial charge on any atom is 0.284 e. The van der Waals surface area contributed by atoms with Crippen molar-refractivity contribution in [3.63, 3.8) is 0 Å². The normalized spacial score (nSPS) is 11.9. The molecule has 1 atom stereocenters. The van der Waals surface area contributed by atoms with Gasteiger partial charge in [-0.25, -0.2) is 5.43 Å². The van der Waals surface area contributed by atoms with Gasteiger partial charge in [0.05, 0.1) is 15.6 Å². The number of hydrazone groups is 1. The lowest BCUT2D eigenvalue weighted by atomic mass is 10.0. The molecule has 10 heteroatoms. The average molecular weight is 491 g/mol. The second-order valence-corrected chi connectivity index (χ2v) is 7.95. The molecule has 0 aliphatic rings. The van der Waals surface area contributed by atoms with Gasteiger partial charge in [0.2, 0.25) is 0 Å². The summed E-state index contributed by atoms with van der Waals surface area (Å²) in [7, 11) is 0. The van der Waals surface area contributed by atoms with E-state index in [0.717, 1.165) is 5.56 Å². The number of nitro benzene ring substituents is 1. The summed E-state index contributed by atoms with van der Waals surface area (Å²) in [6, 6.07) is 10.9. The highest BCUT2D eigenvalue weighted by atomic mass is 79.9. The number of carbonyl (C=O) groups excluding carboxylic acids is 2. The zero-order chi connectivity index (χ0) is 23.0. The third-order valence-electron chi connectivity index (χ3n) is 4.18. The van der Waals surface area contributed by atoms with E-state index in [0.29, 0.717) is 15.8 Å². The first-order valence-corrected chi connectivity index (χ1v) is 10.2. The summed E-state index contributed by atoms with van der Waals surface area (Å²) in [5, 5.41) is 17.5. The van der Waals surface area contributed by atoms with Crippen LogP contribution in [0.15, 0.2) is 52.0 Å². The average Bonchev–Trinajstić information content (AvgIpc) is 2.71. The molecule has 2 rings (SSSR count). The van der Waals surface area contributed by atoms with Crippen LogP contribution in [0, 0.1) is 23.0 Å². The van der Waals surface area contributed by atoms with Gasteiger partial charge in [-0.15, -0.1) is 0 Å². The minimum atomic E-state index is -0.829. The highest BCUT2D eigenvalue weighted by Crippen LogP contribution is 2.24. The molecular formula is C21H23BrN4O5. The summed E-state index contributed by atoms with van der Waals surface area (Å²) in [5.41, 5.74) is 3.68. The van der Waals surface area contributed by atoms with Gasteiger partial charge in [0.15, 0.2) is 6.61 Å². The number of hydrogen-bond acceptors (Lipinski definition) is 6. The third-order valence-corrected chi connectivity index (χ3v) is 4.85. The quantitative estimate of drug-likeness (QED) is 0.317. The molecule has 2 aromatic carbocycles. The Morgan fingerprint density at radius 2 is 2.00 bits per heavy atom. The molecule has 31 heavy (non-hydrogen) atoms. The standard InChI is InChI=1S/C21H23BrN4O5/c1-13(2)20(24-19(27)12-31-16-6-4-5-14(3)9-16)21(28)25-23-11-15-7-8-17(22)18(10-15)26(29)30/h4-11,13,20H,12H2,1-3H3,(H,24,27)(H,25,28)/b23-11-/t20-/m1/s1. The number of halogens is 1. The fourth-order valence-electron chi connectivity index (χ4n) is 2.59. The second kappa shape index (κ2) is 11.2. The Kier molecular flexibility index (Phi) is 8.68. The van der Waals surface area contributed by atoms with Gasteiger partial charge in [-0.2, -0.15) is 5.10 Å². The Bertz CT molecular complexity index is 993. The number of nitro groups is 1. The van der Waals surface area contributed by atoms with E-state index < -0.39 is 22.8 Å². The summed E-state index contributed by atoms with van der Waals surface area (Å²) in [6.07, 6.45) is 1.29. The lowest BCUT2D eigenvalue weighted by Gasteiger charge is -2.20. The van der Waals surface area contributed by atoms with Crippen molar-refractivity contribution in [2.24, 2.45) is 11.0 Å². The molecule has 0 heterocycles. The van der Waals surface area contributed by atoms with Crippen LogP contribution in [0.2, 0.25) is 0 Å². The van der Waals surface area contributed by atoms with Crippen molar-refractivity contribution >= 4 is 39.6 Å². The molecule has 9 nitrogen and oxygen atoms in total. The van der Waals surface area contributed by atoms with Crippen LogP contribution >= 0.6 is 15.9 Å². The summed E-state index contributed by atoms with van der Waals surface area (Å²) >= 11 is 3.10. The second-order valence-electron chi connectivity index (χ2n) is 7.10. The molecule has 2 aromatic rings. The van der Waals surface area contributed by atoms with Gasteiger partial charge in [-0.05, 0) is 52.5 Å². The van der Waals surface area contributed by atoms with Crippen molar-refractivity contribution < 1.29 is 19.2 Å². The Balaban J connectivity index is 1.94. The lowest BCUT2D eigenvalue weighted by molar-refractivity contribution is -0.385. The minimum absolute atomic E-state index is 0.115. The molecule has 0 spiro atoms. The zero-order valence-electron chi connectivity index (χ0n) is 17.3. The van der Waals surface area contributed by atoms with Gasteiger partial charge < -0.3 is 10.1 Å². The zero-order valence-corrected chi connectivity index (χ0v) is 18.9. The van der Waals surface area contributed by atoms with E-state index in [1.54, 1.807) is 32.0 Å². The minimum Gasteiger partial charge on any atom is -0.484 e. The molecule has 164 valence electrons. The number of rotatable bonds is 9. The molecule has 0 saturated heterocycles. The number of carbonyl (C=O) groups is 2. The maximum atomic E-state index is 12.5. The van der Waals surface area contributed by atoms with E-state index >= 15 is 0 Å². The summed E-state index contributed by atoms with van der Waals surface area (Å²) in [5.74, 6) is -0.592. The highest BCUT2D eigenvalue weighted by molar-refractivity contribution is 9.10. The number of aryl methyl sites for hydroxylation is 1. The number of amides is 2. The molecule has 0 saturated carbocycles. The van der Waals surface area contributed by atoms with Gasteiger partial charge in [0, 0.05) is 11.6 Å². The van der Waals surface area contributed by atoms with Gasteiger partial charge in [0.1, 0.15) is 11.8 Å². The first-order valence-electron chi connectivity index (χ1n) is 9.43. The van der Waals surface area contributed by atoms with Crippen LogP contribution < -0.4 is 15.5 Å². The van der Waals surface area contributed by atoms with E-state index in [2.05, 4.69) is 31.8 Å². The summed E-state index contributed by atoms with van der Waals surface area (Å²) in [4.78, 5) is 35.2. The fraction of sp³-hybridized carbons (Fsp3) is 0.286. The molecule has 2 amide bonds. The van der Waals surface area contributed by atoms with Crippen LogP contribution in [0.25, 0.3) is 0 Å². The van der Waals surface area contributed by atoms with E-state index in [1.807, 2.05) is 19.1 Å². The molecule has 0 unspecified atom stereocenters. The van der Waals surface area contributed by atoms with Gasteiger partial charge in [-0.1, -0.05) is 32.0 Å². The summed E-state index contributed by atoms with van der Waals surface area (Å²) in [6.45, 7) is 5.26. The molecule has 2 N–H and O–H groups in total. The van der Waals surface area contributed by atoms with Gasteiger partial charge in [0.25, 0.3) is 17.5 Å². The first kappa shape index (κ1) is 24.0. The maximum absolute atomic E-state index is 12.5. The van der Waals surface area contributed by atoms with Crippen molar-refractivity contribution in [1.29, 1.82) is 0 Å². The SMILES string of the molecule is Cc1cccc(OCC(=O)N[C@@H](C(=O)N/N=C\c2ccc(Br)c([N+](=O)[O-])c2)C(C)C)c1. The van der Waals surface area contributed by atoms with Crippen molar-refractivity contribution in [2.75, 3.05) is 6.61 Å². The molecule has 0 aromatic heterocycles. The monoisotopic (exact) mass is 490 g/mol. The predicted molar refractivity (Wildman–Crippen MR) is 120 cm³/mol. The van der Waals surface area contributed by atoms with Crippen molar-refractivity contribution in [2.45, 2.75) is 26.8 Å². The van der Waals surface area contributed by atoms with E-state index in [-0.39, 0.29) is 18.2 Å². The lowest BCUT2D eigenvalue weighted by Crippen LogP contribution is -2.49. The van der Waals surface area contributed by atoms with Crippen molar-refractivity contribution in [1.82, 2.24) is 10.7 Å². The number of ether oxygens (including phenoxy) is 1. The Morgan fingerprint density at radius 3 is 2.65 bits per heavy atom. The fourth-order valence-corrected chi connectivity index (χ4v) is 2.99. The highest BCUT2D eigenvalue weighted by Gasteiger charge is 2.24.